The van der Waals surface area contributed by atoms with E-state index in [1.165, 1.54) is 31.2 Å². The maximum absolute atomic E-state index is 12.2. The van der Waals surface area contributed by atoms with Gasteiger partial charge >= 0.3 is 5.97 Å². The van der Waals surface area contributed by atoms with Crippen LogP contribution >= 0.6 is 0 Å². The second kappa shape index (κ2) is 12.6. The zero-order valence-corrected chi connectivity index (χ0v) is 21.0. The summed E-state index contributed by atoms with van der Waals surface area (Å²) >= 11 is 0. The lowest BCUT2D eigenvalue weighted by molar-refractivity contribution is -0.151. The molecule has 1 fully saturated rings. The minimum Gasteiger partial charge on any atom is -0.468 e. The molecule has 0 N–H and O–H groups in total. The molecule has 6 nitrogen and oxygen atoms in total. The van der Waals surface area contributed by atoms with Crippen LogP contribution in [0.3, 0.4) is 0 Å². The molecular weight excluding hydrogens is 404 g/mol. The Balaban J connectivity index is 0.000000433. The van der Waals surface area contributed by atoms with Crippen LogP contribution in [0.4, 0.5) is 5.69 Å². The Kier molecular flexibility index (Phi) is 10.9. The zero-order chi connectivity index (χ0) is 24.4. The lowest BCUT2D eigenvalue weighted by Crippen LogP contribution is -2.46. The van der Waals surface area contributed by atoms with Crippen LogP contribution in [-0.4, -0.2) is 61.8 Å². The first-order valence-corrected chi connectivity index (χ1v) is 11.4. The molecule has 0 bridgehead atoms. The summed E-state index contributed by atoms with van der Waals surface area (Å²) in [7, 11) is 3.51. The number of carbonyl (C=O) groups excluding carboxylic acids is 2. The van der Waals surface area contributed by atoms with Gasteiger partial charge in [0.05, 0.1) is 7.11 Å². The molecule has 0 spiro atoms. The van der Waals surface area contributed by atoms with Crippen molar-refractivity contribution >= 4 is 18.1 Å². The third-order valence-electron chi connectivity index (χ3n) is 5.82. The van der Waals surface area contributed by atoms with E-state index < -0.39 is 5.54 Å². The molecule has 0 aliphatic carbocycles. The predicted molar refractivity (Wildman–Crippen MR) is 131 cm³/mol. The fourth-order valence-electron chi connectivity index (χ4n) is 4.11. The molecule has 0 aromatic heterocycles. The number of carbonyl (C=O) groups is 2. The first-order chi connectivity index (χ1) is 15.0. The monoisotopic (exact) mass is 446 g/mol. The summed E-state index contributed by atoms with van der Waals surface area (Å²) in [6.07, 6.45) is 6.18. The summed E-state index contributed by atoms with van der Waals surface area (Å²) < 4.78 is 9.59. The Morgan fingerprint density at radius 3 is 2.41 bits per heavy atom. The van der Waals surface area contributed by atoms with E-state index in [1.807, 2.05) is 41.7 Å². The molecule has 0 amide bonds. The average Bonchev–Trinajstić information content (AvgIpc) is 2.90. The number of fused-ring (bicyclic) bond motifs is 1. The van der Waals surface area contributed by atoms with Crippen LogP contribution in [0.5, 0.6) is 0 Å². The van der Waals surface area contributed by atoms with E-state index in [2.05, 4.69) is 45.4 Å². The van der Waals surface area contributed by atoms with E-state index >= 15 is 0 Å². The van der Waals surface area contributed by atoms with Gasteiger partial charge in [-0.25, -0.2) is 0 Å². The summed E-state index contributed by atoms with van der Waals surface area (Å²) in [6.45, 7) is 15.2. The maximum atomic E-state index is 12.2. The maximum Gasteiger partial charge on any atom is 0.326 e. The predicted octanol–water partition coefficient (Wildman–Crippen LogP) is 4.62. The molecule has 2 atom stereocenters. The smallest absolute Gasteiger partial charge is 0.326 e. The SMILES string of the molecule is C=CC.CC(C)(C)OC=O.COC(=O)[C@]1(C)CC(N2CCCCc3ccccc32)CN1C. The minimum absolute atomic E-state index is 0.124. The molecule has 1 saturated heterocycles. The van der Waals surface area contributed by atoms with Crippen molar-refractivity contribution in [3.8, 4) is 0 Å². The summed E-state index contributed by atoms with van der Waals surface area (Å²) in [5.74, 6) is -0.124. The number of methoxy groups -OCH3 is 1. The first kappa shape index (κ1) is 27.7. The molecule has 32 heavy (non-hydrogen) atoms. The standard InChI is InChI=1S/C18H26N2O2.C5H10O2.C3H6/c1-18(17(21)22-3)12-15(13-19(18)2)20-11-7-6-9-14-8-4-5-10-16(14)20;1-5(2,3)7-4-6;1-3-2/h4-5,8,10,15H,6-7,9,11-13H2,1-3H3;4H,1-3H3;3H,1H2,2H3/t15?,18-;;/m0../s1. The van der Waals surface area contributed by atoms with Crippen LogP contribution in [0, 0.1) is 0 Å². The summed E-state index contributed by atoms with van der Waals surface area (Å²) in [6, 6.07) is 9.09. The molecule has 1 aromatic rings. The second-order valence-electron chi connectivity index (χ2n) is 9.52. The van der Waals surface area contributed by atoms with Crippen molar-refractivity contribution in [2.45, 2.75) is 77.5 Å². The third kappa shape index (κ3) is 7.66. The Morgan fingerprint density at radius 1 is 1.25 bits per heavy atom. The van der Waals surface area contributed by atoms with E-state index in [0.29, 0.717) is 12.5 Å². The Hall–Kier alpha value is -2.34. The van der Waals surface area contributed by atoms with Crippen LogP contribution in [0.2, 0.25) is 0 Å². The molecular formula is C26H42N2O4. The summed E-state index contributed by atoms with van der Waals surface area (Å²) in [5.41, 5.74) is 1.96. The van der Waals surface area contributed by atoms with Gasteiger partial charge in [0.25, 0.3) is 6.47 Å². The fraction of sp³-hybridized carbons (Fsp3) is 0.615. The summed E-state index contributed by atoms with van der Waals surface area (Å²) in [4.78, 5) is 26.5. The van der Waals surface area contributed by atoms with Gasteiger partial charge in [0, 0.05) is 24.8 Å². The van der Waals surface area contributed by atoms with Gasteiger partial charge in [-0.1, -0.05) is 24.3 Å². The van der Waals surface area contributed by atoms with Crippen LogP contribution in [0.15, 0.2) is 36.9 Å². The Bertz CT molecular complexity index is 744. The molecule has 2 aliphatic heterocycles. The summed E-state index contributed by atoms with van der Waals surface area (Å²) in [5, 5.41) is 0. The highest BCUT2D eigenvalue weighted by Gasteiger charge is 2.48. The van der Waals surface area contributed by atoms with Crippen molar-refractivity contribution in [3.05, 3.63) is 42.5 Å². The van der Waals surface area contributed by atoms with Crippen molar-refractivity contribution in [3.63, 3.8) is 0 Å². The van der Waals surface area contributed by atoms with Gasteiger partial charge in [0.1, 0.15) is 11.1 Å². The number of rotatable bonds is 3. The minimum atomic E-state index is -0.513. The van der Waals surface area contributed by atoms with Crippen LogP contribution in [0.1, 0.15) is 59.4 Å². The Labute approximate surface area is 194 Å². The number of aryl methyl sites for hydroxylation is 1. The number of hydrogen-bond donors (Lipinski definition) is 0. The number of likely N-dealkylation sites (N-methyl/N-ethyl adjacent to an activating group) is 1. The van der Waals surface area contributed by atoms with Gasteiger partial charge < -0.3 is 14.4 Å². The van der Waals surface area contributed by atoms with Gasteiger partial charge in [-0.2, -0.15) is 0 Å². The van der Waals surface area contributed by atoms with Crippen LogP contribution in [-0.2, 0) is 25.5 Å². The van der Waals surface area contributed by atoms with Crippen molar-refractivity contribution < 1.29 is 19.1 Å². The highest BCUT2D eigenvalue weighted by Crippen LogP contribution is 2.36. The second-order valence-corrected chi connectivity index (χ2v) is 9.52. The van der Waals surface area contributed by atoms with Gasteiger partial charge in [-0.05, 0) is 79.0 Å². The number of hydrogen-bond acceptors (Lipinski definition) is 6. The number of likely N-dealkylation sites (tertiary alicyclic amines) is 1. The molecule has 180 valence electrons. The molecule has 3 rings (SSSR count). The topological polar surface area (TPSA) is 59.1 Å². The lowest BCUT2D eigenvalue weighted by Gasteiger charge is -2.31. The molecule has 1 aromatic carbocycles. The molecule has 0 saturated carbocycles. The van der Waals surface area contributed by atoms with E-state index in [0.717, 1.165) is 25.9 Å². The normalized spacial score (nSPS) is 22.7. The van der Waals surface area contributed by atoms with Gasteiger partial charge in [-0.15, -0.1) is 6.58 Å². The van der Waals surface area contributed by atoms with Crippen molar-refractivity contribution in [1.29, 1.82) is 0 Å². The fourth-order valence-corrected chi connectivity index (χ4v) is 4.11. The first-order valence-electron chi connectivity index (χ1n) is 11.4. The average molecular weight is 447 g/mol. The Morgan fingerprint density at radius 2 is 1.88 bits per heavy atom. The molecule has 6 heteroatoms. The number of ether oxygens (including phenoxy) is 2. The number of nitrogens with zero attached hydrogens (tertiary/aromatic N) is 2. The largest absolute Gasteiger partial charge is 0.468 e. The van der Waals surface area contributed by atoms with Crippen LogP contribution < -0.4 is 4.90 Å². The molecule has 0 radical (unpaired) electrons. The number of para-hydroxylation sites is 1. The number of allylic oxidation sites excluding steroid dienone is 1. The van der Waals surface area contributed by atoms with Crippen molar-refractivity contribution in [2.75, 3.05) is 32.1 Å². The van der Waals surface area contributed by atoms with E-state index in [-0.39, 0.29) is 11.6 Å². The highest BCUT2D eigenvalue weighted by atomic mass is 16.5. The highest BCUT2D eigenvalue weighted by molar-refractivity contribution is 5.81. The van der Waals surface area contributed by atoms with Gasteiger partial charge in [0.15, 0.2) is 0 Å². The van der Waals surface area contributed by atoms with Crippen molar-refractivity contribution in [2.24, 2.45) is 0 Å². The van der Waals surface area contributed by atoms with E-state index in [4.69, 9.17) is 4.74 Å². The van der Waals surface area contributed by atoms with E-state index in [9.17, 15) is 9.59 Å². The van der Waals surface area contributed by atoms with Gasteiger partial charge in [-0.3, -0.25) is 14.5 Å². The molecule has 2 heterocycles. The lowest BCUT2D eigenvalue weighted by atomic mass is 9.96. The van der Waals surface area contributed by atoms with Crippen molar-refractivity contribution in [1.82, 2.24) is 4.90 Å². The quantitative estimate of drug-likeness (QED) is 0.384. The number of benzene rings is 1. The number of anilines is 1. The van der Waals surface area contributed by atoms with Crippen LogP contribution in [0.25, 0.3) is 0 Å². The van der Waals surface area contributed by atoms with E-state index in [1.54, 1.807) is 6.08 Å². The zero-order valence-electron chi connectivity index (χ0n) is 21.0. The molecule has 1 unspecified atom stereocenters. The molecule has 2 aliphatic rings. The number of esters is 1. The van der Waals surface area contributed by atoms with Gasteiger partial charge in [0.2, 0.25) is 0 Å². The third-order valence-corrected chi connectivity index (χ3v) is 5.82.